The molecule has 0 bridgehead atoms. The van der Waals surface area contributed by atoms with E-state index in [9.17, 15) is 4.79 Å². The van der Waals surface area contributed by atoms with Crippen LogP contribution in [-0.2, 0) is 4.79 Å². The van der Waals surface area contributed by atoms with Gasteiger partial charge in [0.2, 0.25) is 0 Å². The van der Waals surface area contributed by atoms with Gasteiger partial charge in [-0.2, -0.15) is 5.10 Å². The van der Waals surface area contributed by atoms with Gasteiger partial charge >= 0.3 is 0 Å². The number of carbonyl (C=O) groups excluding carboxylic acids is 1. The lowest BCUT2D eigenvalue weighted by molar-refractivity contribution is -0.118. The van der Waals surface area contributed by atoms with E-state index < -0.39 is 0 Å². The Labute approximate surface area is 217 Å². The molecule has 0 radical (unpaired) electrons. The third kappa shape index (κ3) is 6.22. The van der Waals surface area contributed by atoms with Gasteiger partial charge in [0.1, 0.15) is 5.75 Å². The highest BCUT2D eigenvalue weighted by molar-refractivity contribution is 7.99. The Morgan fingerprint density at radius 1 is 0.971 bits per heavy atom. The molecule has 0 unspecified atom stereocenters. The number of halogens is 2. The maximum atomic E-state index is 12.5. The summed E-state index contributed by atoms with van der Waals surface area (Å²) >= 11 is 13.4. The molecule has 4 rings (SSSR count). The van der Waals surface area contributed by atoms with Crippen LogP contribution >= 0.6 is 35.0 Å². The van der Waals surface area contributed by atoms with Crippen molar-refractivity contribution in [2.24, 2.45) is 5.10 Å². The number of carbonyl (C=O) groups is 1. The van der Waals surface area contributed by atoms with Gasteiger partial charge in [-0.3, -0.25) is 9.36 Å². The third-order valence-corrected chi connectivity index (χ3v) is 6.44. The van der Waals surface area contributed by atoms with E-state index in [1.165, 1.54) is 11.8 Å². The van der Waals surface area contributed by atoms with E-state index in [2.05, 4.69) is 20.7 Å². The summed E-state index contributed by atoms with van der Waals surface area (Å²) in [6, 6.07) is 22.1. The first-order valence-electron chi connectivity index (χ1n) is 10.5. The fraction of sp³-hybridized carbons (Fsp3) is 0.120. The predicted molar refractivity (Wildman–Crippen MR) is 141 cm³/mol. The smallest absolute Gasteiger partial charge is 0.250 e. The minimum Gasteiger partial charge on any atom is -0.497 e. The maximum absolute atomic E-state index is 12.5. The van der Waals surface area contributed by atoms with Crippen molar-refractivity contribution in [1.82, 2.24) is 20.2 Å². The molecule has 0 saturated carbocycles. The van der Waals surface area contributed by atoms with Gasteiger partial charge in [-0.25, -0.2) is 5.43 Å². The first-order chi connectivity index (χ1) is 16.9. The Morgan fingerprint density at radius 3 is 2.23 bits per heavy atom. The van der Waals surface area contributed by atoms with Gasteiger partial charge in [0.15, 0.2) is 11.0 Å². The lowest BCUT2D eigenvalue weighted by Gasteiger charge is -2.10. The van der Waals surface area contributed by atoms with Crippen molar-refractivity contribution in [3.8, 4) is 22.8 Å². The standard InChI is InChI=1S/C25H21Cl2N5O2S/c1-16(17-5-13-22(34-2)14-6-17)28-29-23(33)15-35-25-31-30-24(18-3-7-19(26)8-4-18)32(25)21-11-9-20(27)10-12-21/h3-14H,15H2,1-2H3,(H,29,33). The Balaban J connectivity index is 1.51. The number of thioether (sulfide) groups is 1. The molecule has 0 spiro atoms. The Kier molecular flexibility index (Phi) is 8.07. The molecule has 0 aliphatic rings. The largest absolute Gasteiger partial charge is 0.497 e. The Morgan fingerprint density at radius 2 is 1.60 bits per heavy atom. The zero-order chi connectivity index (χ0) is 24.8. The van der Waals surface area contributed by atoms with E-state index in [0.717, 1.165) is 22.6 Å². The highest BCUT2D eigenvalue weighted by Gasteiger charge is 2.17. The number of amides is 1. The number of hydrazone groups is 1. The van der Waals surface area contributed by atoms with Gasteiger partial charge in [-0.1, -0.05) is 35.0 Å². The van der Waals surface area contributed by atoms with Crippen LogP contribution in [0.4, 0.5) is 0 Å². The molecule has 0 atom stereocenters. The number of nitrogens with zero attached hydrogens (tertiary/aromatic N) is 4. The number of nitrogens with one attached hydrogen (secondary N) is 1. The van der Waals surface area contributed by atoms with Gasteiger partial charge in [-0.15, -0.1) is 10.2 Å². The first-order valence-corrected chi connectivity index (χ1v) is 12.3. The van der Waals surface area contributed by atoms with Gasteiger partial charge < -0.3 is 4.74 Å². The summed E-state index contributed by atoms with van der Waals surface area (Å²) in [7, 11) is 1.61. The molecule has 7 nitrogen and oxygen atoms in total. The summed E-state index contributed by atoms with van der Waals surface area (Å²) in [6.45, 7) is 1.82. The van der Waals surface area contributed by atoms with Crippen molar-refractivity contribution in [2.45, 2.75) is 12.1 Å². The van der Waals surface area contributed by atoms with Crippen LogP contribution in [0.1, 0.15) is 12.5 Å². The Hall–Kier alpha value is -3.33. The number of hydrogen-bond acceptors (Lipinski definition) is 6. The second-order valence-corrected chi connectivity index (χ2v) is 9.19. The van der Waals surface area contributed by atoms with E-state index in [1.54, 1.807) is 31.4 Å². The monoisotopic (exact) mass is 525 g/mol. The number of benzene rings is 3. The number of ether oxygens (including phenoxy) is 1. The summed E-state index contributed by atoms with van der Waals surface area (Å²) in [4.78, 5) is 12.5. The molecule has 1 heterocycles. The molecule has 1 aromatic heterocycles. The summed E-state index contributed by atoms with van der Waals surface area (Å²) in [6.07, 6.45) is 0. The molecular formula is C25H21Cl2N5O2S. The van der Waals surface area contributed by atoms with Crippen molar-refractivity contribution in [3.05, 3.63) is 88.4 Å². The van der Waals surface area contributed by atoms with Gasteiger partial charge in [-0.05, 0) is 85.3 Å². The topological polar surface area (TPSA) is 81.4 Å². The molecule has 0 saturated heterocycles. The first kappa shape index (κ1) is 24.8. The summed E-state index contributed by atoms with van der Waals surface area (Å²) in [5, 5.41) is 14.7. The molecule has 1 N–H and O–H groups in total. The van der Waals surface area contributed by atoms with Gasteiger partial charge in [0, 0.05) is 21.3 Å². The molecule has 35 heavy (non-hydrogen) atoms. The van der Waals surface area contributed by atoms with Crippen molar-refractivity contribution < 1.29 is 9.53 Å². The molecule has 4 aromatic rings. The Bertz CT molecular complexity index is 1340. The zero-order valence-electron chi connectivity index (χ0n) is 18.9. The normalized spacial score (nSPS) is 11.4. The molecule has 3 aromatic carbocycles. The van der Waals surface area contributed by atoms with E-state index in [1.807, 2.05) is 60.0 Å². The fourth-order valence-corrected chi connectivity index (χ4v) is 4.17. The van der Waals surface area contributed by atoms with Crippen LogP contribution in [0, 0.1) is 0 Å². The molecule has 0 fully saturated rings. The average molecular weight is 526 g/mol. The van der Waals surface area contributed by atoms with E-state index in [-0.39, 0.29) is 11.7 Å². The van der Waals surface area contributed by atoms with Crippen LogP contribution in [0.25, 0.3) is 17.1 Å². The SMILES string of the molecule is COc1ccc(C(C)=NNC(=O)CSc2nnc(-c3ccc(Cl)cc3)n2-c2ccc(Cl)cc2)cc1. The number of rotatable bonds is 8. The second kappa shape index (κ2) is 11.4. The third-order valence-electron chi connectivity index (χ3n) is 5.01. The van der Waals surface area contributed by atoms with Crippen molar-refractivity contribution in [3.63, 3.8) is 0 Å². The second-order valence-electron chi connectivity index (χ2n) is 7.37. The van der Waals surface area contributed by atoms with Crippen LogP contribution in [0.3, 0.4) is 0 Å². The van der Waals surface area contributed by atoms with Gasteiger partial charge in [0.05, 0.1) is 18.6 Å². The molecule has 0 aliphatic carbocycles. The van der Waals surface area contributed by atoms with Crippen LogP contribution in [-0.4, -0.2) is 39.2 Å². The summed E-state index contributed by atoms with van der Waals surface area (Å²) in [5.41, 5.74) is 5.82. The highest BCUT2D eigenvalue weighted by Crippen LogP contribution is 2.29. The maximum Gasteiger partial charge on any atom is 0.250 e. The molecular weight excluding hydrogens is 505 g/mol. The van der Waals surface area contributed by atoms with E-state index in [4.69, 9.17) is 27.9 Å². The minimum absolute atomic E-state index is 0.103. The van der Waals surface area contributed by atoms with Gasteiger partial charge in [0.25, 0.3) is 5.91 Å². The van der Waals surface area contributed by atoms with Crippen LogP contribution in [0.5, 0.6) is 5.75 Å². The quantitative estimate of drug-likeness (QED) is 0.176. The number of aromatic nitrogens is 3. The van der Waals surface area contributed by atoms with Crippen molar-refractivity contribution in [2.75, 3.05) is 12.9 Å². The predicted octanol–water partition coefficient (Wildman–Crippen LogP) is 5.88. The molecule has 10 heteroatoms. The van der Waals surface area contributed by atoms with E-state index >= 15 is 0 Å². The van der Waals surface area contributed by atoms with Crippen LogP contribution in [0.2, 0.25) is 10.0 Å². The van der Waals surface area contributed by atoms with Crippen LogP contribution in [0.15, 0.2) is 83.1 Å². The van der Waals surface area contributed by atoms with Crippen LogP contribution < -0.4 is 10.2 Å². The zero-order valence-corrected chi connectivity index (χ0v) is 21.2. The minimum atomic E-state index is -0.262. The molecule has 0 aliphatic heterocycles. The highest BCUT2D eigenvalue weighted by atomic mass is 35.5. The lowest BCUT2D eigenvalue weighted by atomic mass is 10.1. The van der Waals surface area contributed by atoms with E-state index in [0.29, 0.717) is 26.7 Å². The molecule has 1 amide bonds. The average Bonchev–Trinajstić information content (AvgIpc) is 3.31. The lowest BCUT2D eigenvalue weighted by Crippen LogP contribution is -2.21. The molecule has 178 valence electrons. The van der Waals surface area contributed by atoms with Crippen molar-refractivity contribution >= 4 is 46.6 Å². The number of methoxy groups -OCH3 is 1. The number of hydrogen-bond donors (Lipinski definition) is 1. The fourth-order valence-electron chi connectivity index (χ4n) is 3.18. The summed E-state index contributed by atoms with van der Waals surface area (Å²) in [5.74, 6) is 1.22. The summed E-state index contributed by atoms with van der Waals surface area (Å²) < 4.78 is 7.04. The van der Waals surface area contributed by atoms with Crippen molar-refractivity contribution in [1.29, 1.82) is 0 Å².